The number of carbonyl (C=O) groups excluding carboxylic acids is 1. The van der Waals surface area contributed by atoms with Crippen LogP contribution >= 0.6 is 11.3 Å². The summed E-state index contributed by atoms with van der Waals surface area (Å²) in [4.78, 5) is 21.1. The lowest BCUT2D eigenvalue weighted by Gasteiger charge is -2.26. The molecular formula is C15H23N3O2S. The minimum atomic E-state index is 0.143. The molecule has 3 rings (SSSR count). The number of carbonyl (C=O) groups is 1. The number of anilines is 1. The van der Waals surface area contributed by atoms with Gasteiger partial charge >= 0.3 is 0 Å². The molecular weight excluding hydrogens is 286 g/mol. The molecule has 0 N–H and O–H groups in total. The number of rotatable bonds is 3. The van der Waals surface area contributed by atoms with Crippen molar-refractivity contribution < 1.29 is 9.53 Å². The molecule has 0 aromatic carbocycles. The first-order chi connectivity index (χ1) is 10.3. The van der Waals surface area contributed by atoms with Gasteiger partial charge in [-0.2, -0.15) is 0 Å². The molecule has 1 amide bonds. The molecule has 2 aliphatic rings. The van der Waals surface area contributed by atoms with Crippen molar-refractivity contribution in [1.82, 2.24) is 9.88 Å². The molecule has 0 aliphatic carbocycles. The van der Waals surface area contributed by atoms with E-state index >= 15 is 0 Å². The number of hydrogen-bond donors (Lipinski definition) is 0. The standard InChI is InChI=1S/C15H23N3O2S/c19-14(12-13-4-1-2-10-20-13)17-6-3-7-18(9-8-17)15-16-5-11-21-15/h5,11,13H,1-4,6-10,12H2. The monoisotopic (exact) mass is 309 g/mol. The van der Waals surface area contributed by atoms with E-state index in [-0.39, 0.29) is 12.0 Å². The zero-order valence-electron chi connectivity index (χ0n) is 12.4. The molecule has 2 fully saturated rings. The van der Waals surface area contributed by atoms with E-state index in [0.717, 1.165) is 57.2 Å². The Bertz CT molecular complexity index is 446. The normalized spacial score (nSPS) is 23.9. The molecule has 2 aliphatic heterocycles. The van der Waals surface area contributed by atoms with Crippen molar-refractivity contribution in [3.63, 3.8) is 0 Å². The summed E-state index contributed by atoms with van der Waals surface area (Å²) in [5.41, 5.74) is 0. The number of aromatic nitrogens is 1. The van der Waals surface area contributed by atoms with E-state index in [9.17, 15) is 4.79 Å². The summed E-state index contributed by atoms with van der Waals surface area (Å²) in [6.07, 6.45) is 6.91. The summed E-state index contributed by atoms with van der Waals surface area (Å²) < 4.78 is 5.68. The summed E-state index contributed by atoms with van der Waals surface area (Å²) in [5, 5.41) is 3.07. The Balaban J connectivity index is 1.51. The molecule has 1 unspecified atom stereocenters. The van der Waals surface area contributed by atoms with Crippen LogP contribution in [-0.4, -0.2) is 54.7 Å². The van der Waals surface area contributed by atoms with Crippen LogP contribution in [0.4, 0.5) is 5.13 Å². The van der Waals surface area contributed by atoms with Crippen LogP contribution in [0.25, 0.3) is 0 Å². The van der Waals surface area contributed by atoms with Gasteiger partial charge in [0.25, 0.3) is 0 Å². The fraction of sp³-hybridized carbons (Fsp3) is 0.733. The van der Waals surface area contributed by atoms with Crippen molar-refractivity contribution in [3.05, 3.63) is 11.6 Å². The molecule has 5 nitrogen and oxygen atoms in total. The molecule has 2 saturated heterocycles. The zero-order chi connectivity index (χ0) is 14.5. The second-order valence-electron chi connectivity index (χ2n) is 5.73. The summed E-state index contributed by atoms with van der Waals surface area (Å²) in [6, 6.07) is 0. The highest BCUT2D eigenvalue weighted by molar-refractivity contribution is 7.13. The minimum Gasteiger partial charge on any atom is -0.378 e. The molecule has 116 valence electrons. The predicted octanol–water partition coefficient (Wildman–Crippen LogP) is 2.14. The SMILES string of the molecule is O=C(CC1CCCCO1)N1CCCN(c2nccs2)CC1. The van der Waals surface area contributed by atoms with Gasteiger partial charge in [0.15, 0.2) is 5.13 Å². The van der Waals surface area contributed by atoms with Crippen LogP contribution in [0, 0.1) is 0 Å². The van der Waals surface area contributed by atoms with Crippen molar-refractivity contribution in [2.24, 2.45) is 0 Å². The first-order valence-electron chi connectivity index (χ1n) is 7.87. The van der Waals surface area contributed by atoms with Gasteiger partial charge in [-0.15, -0.1) is 11.3 Å². The van der Waals surface area contributed by atoms with Crippen molar-refractivity contribution in [3.8, 4) is 0 Å². The average Bonchev–Trinajstić information content (AvgIpc) is 2.93. The Morgan fingerprint density at radius 2 is 2.24 bits per heavy atom. The summed E-state index contributed by atoms with van der Waals surface area (Å²) in [7, 11) is 0. The first kappa shape index (κ1) is 14.8. The molecule has 21 heavy (non-hydrogen) atoms. The second kappa shape index (κ2) is 7.22. The molecule has 3 heterocycles. The maximum Gasteiger partial charge on any atom is 0.225 e. The third kappa shape index (κ3) is 3.95. The van der Waals surface area contributed by atoms with E-state index in [1.54, 1.807) is 11.3 Å². The Kier molecular flexibility index (Phi) is 5.08. The van der Waals surface area contributed by atoms with Crippen LogP contribution in [0.15, 0.2) is 11.6 Å². The van der Waals surface area contributed by atoms with Crippen LogP contribution in [0.3, 0.4) is 0 Å². The van der Waals surface area contributed by atoms with Crippen molar-refractivity contribution >= 4 is 22.4 Å². The number of thiazole rings is 1. The molecule has 1 atom stereocenters. The van der Waals surface area contributed by atoms with Crippen molar-refractivity contribution in [2.45, 2.75) is 38.2 Å². The molecule has 1 aromatic rings. The second-order valence-corrected chi connectivity index (χ2v) is 6.60. The molecule has 0 spiro atoms. The fourth-order valence-electron chi connectivity index (χ4n) is 3.02. The van der Waals surface area contributed by atoms with E-state index in [1.807, 2.05) is 16.5 Å². The third-order valence-corrected chi connectivity index (χ3v) is 5.05. The van der Waals surface area contributed by atoms with Gasteiger partial charge in [-0.1, -0.05) is 0 Å². The van der Waals surface area contributed by atoms with Crippen LogP contribution in [-0.2, 0) is 9.53 Å². The lowest BCUT2D eigenvalue weighted by Crippen LogP contribution is -2.37. The number of hydrogen-bond acceptors (Lipinski definition) is 5. The van der Waals surface area contributed by atoms with Gasteiger partial charge in [0.05, 0.1) is 12.5 Å². The van der Waals surface area contributed by atoms with E-state index in [4.69, 9.17) is 4.74 Å². The molecule has 6 heteroatoms. The van der Waals surface area contributed by atoms with E-state index in [1.165, 1.54) is 6.42 Å². The van der Waals surface area contributed by atoms with Crippen molar-refractivity contribution in [1.29, 1.82) is 0 Å². The number of amides is 1. The molecule has 0 bridgehead atoms. The Hall–Kier alpha value is -1.14. The predicted molar refractivity (Wildman–Crippen MR) is 83.7 cm³/mol. The maximum absolute atomic E-state index is 12.4. The van der Waals surface area contributed by atoms with E-state index in [2.05, 4.69) is 9.88 Å². The minimum absolute atomic E-state index is 0.143. The fourth-order valence-corrected chi connectivity index (χ4v) is 3.72. The Morgan fingerprint density at radius 1 is 1.29 bits per heavy atom. The van der Waals surface area contributed by atoms with Crippen LogP contribution in [0.1, 0.15) is 32.1 Å². The van der Waals surface area contributed by atoms with Gasteiger partial charge in [-0.25, -0.2) is 4.98 Å². The number of ether oxygens (including phenoxy) is 1. The quantitative estimate of drug-likeness (QED) is 0.858. The Morgan fingerprint density at radius 3 is 3.00 bits per heavy atom. The van der Waals surface area contributed by atoms with Crippen LogP contribution in [0.2, 0.25) is 0 Å². The summed E-state index contributed by atoms with van der Waals surface area (Å²) in [5.74, 6) is 0.253. The van der Waals surface area contributed by atoms with Crippen LogP contribution in [0.5, 0.6) is 0 Å². The summed E-state index contributed by atoms with van der Waals surface area (Å²) >= 11 is 1.67. The lowest BCUT2D eigenvalue weighted by atomic mass is 10.1. The van der Waals surface area contributed by atoms with Gasteiger partial charge in [-0.05, 0) is 25.7 Å². The van der Waals surface area contributed by atoms with Gasteiger partial charge in [0, 0.05) is 44.4 Å². The smallest absolute Gasteiger partial charge is 0.225 e. The molecule has 1 aromatic heterocycles. The van der Waals surface area contributed by atoms with Gasteiger partial charge in [0.2, 0.25) is 5.91 Å². The third-order valence-electron chi connectivity index (χ3n) is 4.21. The highest BCUT2D eigenvalue weighted by Crippen LogP contribution is 2.20. The van der Waals surface area contributed by atoms with Gasteiger partial charge in [-0.3, -0.25) is 4.79 Å². The topological polar surface area (TPSA) is 45.7 Å². The highest BCUT2D eigenvalue weighted by Gasteiger charge is 2.24. The van der Waals surface area contributed by atoms with Crippen molar-refractivity contribution in [2.75, 3.05) is 37.7 Å². The number of nitrogens with zero attached hydrogens (tertiary/aromatic N) is 3. The van der Waals surface area contributed by atoms with Crippen LogP contribution < -0.4 is 4.90 Å². The Labute approximate surface area is 129 Å². The van der Waals surface area contributed by atoms with E-state index < -0.39 is 0 Å². The average molecular weight is 309 g/mol. The van der Waals surface area contributed by atoms with Gasteiger partial charge < -0.3 is 14.5 Å². The highest BCUT2D eigenvalue weighted by atomic mass is 32.1. The molecule has 0 radical (unpaired) electrons. The largest absolute Gasteiger partial charge is 0.378 e. The maximum atomic E-state index is 12.4. The van der Waals surface area contributed by atoms with E-state index in [0.29, 0.717) is 6.42 Å². The zero-order valence-corrected chi connectivity index (χ0v) is 13.2. The molecule has 0 saturated carbocycles. The first-order valence-corrected chi connectivity index (χ1v) is 8.75. The lowest BCUT2D eigenvalue weighted by molar-refractivity contribution is -0.134. The van der Waals surface area contributed by atoms with Gasteiger partial charge in [0.1, 0.15) is 0 Å². The summed E-state index contributed by atoms with van der Waals surface area (Å²) in [6.45, 7) is 4.33.